The molecule has 19 heavy (non-hydrogen) atoms. The summed E-state index contributed by atoms with van der Waals surface area (Å²) in [5, 5.41) is 0. The minimum atomic E-state index is 0.459. The van der Waals surface area contributed by atoms with E-state index >= 15 is 0 Å². The fraction of sp³-hybridized carbons (Fsp3) is 0.882. The molecule has 0 heterocycles. The van der Waals surface area contributed by atoms with Crippen molar-refractivity contribution in [3.05, 3.63) is 11.6 Å². The van der Waals surface area contributed by atoms with E-state index in [1.165, 1.54) is 70.6 Å². The van der Waals surface area contributed by atoms with Crippen molar-refractivity contribution in [1.29, 1.82) is 0 Å². The molecule has 0 spiro atoms. The summed E-state index contributed by atoms with van der Waals surface area (Å²) in [6.07, 6.45) is 17.5. The van der Waals surface area contributed by atoms with Crippen LogP contribution in [0.2, 0.25) is 0 Å². The Hall–Kier alpha value is -0.340. The van der Waals surface area contributed by atoms with Crippen LogP contribution in [0.15, 0.2) is 11.6 Å². The van der Waals surface area contributed by atoms with E-state index < -0.39 is 0 Å². The molecule has 2 aliphatic rings. The molecule has 2 aliphatic carbocycles. The summed E-state index contributed by atoms with van der Waals surface area (Å²) in [5.74, 6) is 7.66. The first kappa shape index (κ1) is 15.1. The SMILES string of the molecule is CCCC1CCC(C(NN)C2=CCCCCC2)CC1. The van der Waals surface area contributed by atoms with Gasteiger partial charge < -0.3 is 0 Å². The van der Waals surface area contributed by atoms with Crippen molar-refractivity contribution in [2.24, 2.45) is 17.7 Å². The predicted molar refractivity (Wildman–Crippen MR) is 82.6 cm³/mol. The van der Waals surface area contributed by atoms with Gasteiger partial charge in [-0.15, -0.1) is 0 Å². The highest BCUT2D eigenvalue weighted by Gasteiger charge is 2.28. The largest absolute Gasteiger partial charge is 0.271 e. The molecule has 2 nitrogen and oxygen atoms in total. The van der Waals surface area contributed by atoms with Crippen LogP contribution in [0.4, 0.5) is 0 Å². The molecule has 110 valence electrons. The van der Waals surface area contributed by atoms with Gasteiger partial charge >= 0.3 is 0 Å². The molecule has 0 saturated heterocycles. The average Bonchev–Trinajstić information content (AvgIpc) is 2.71. The highest BCUT2D eigenvalue weighted by molar-refractivity contribution is 5.14. The Morgan fingerprint density at radius 1 is 1.21 bits per heavy atom. The van der Waals surface area contributed by atoms with Crippen LogP contribution in [0, 0.1) is 11.8 Å². The first-order chi connectivity index (χ1) is 9.35. The molecular weight excluding hydrogens is 232 g/mol. The summed E-state index contributed by atoms with van der Waals surface area (Å²) in [6, 6.07) is 0.459. The molecule has 3 N–H and O–H groups in total. The highest BCUT2D eigenvalue weighted by atomic mass is 15.2. The molecular formula is C17H32N2. The van der Waals surface area contributed by atoms with Gasteiger partial charge in [0.15, 0.2) is 0 Å². The molecule has 2 heteroatoms. The van der Waals surface area contributed by atoms with Crippen molar-refractivity contribution in [3.63, 3.8) is 0 Å². The van der Waals surface area contributed by atoms with Crippen molar-refractivity contribution in [2.45, 2.75) is 83.6 Å². The third-order valence-electron chi connectivity index (χ3n) is 5.21. The number of rotatable bonds is 5. The topological polar surface area (TPSA) is 38.0 Å². The van der Waals surface area contributed by atoms with Gasteiger partial charge in [-0.05, 0) is 50.4 Å². The number of nitrogens with one attached hydrogen (secondary N) is 1. The number of nitrogens with two attached hydrogens (primary N) is 1. The summed E-state index contributed by atoms with van der Waals surface area (Å²) in [5.41, 5.74) is 4.76. The number of hydrogen-bond acceptors (Lipinski definition) is 2. The van der Waals surface area contributed by atoms with Crippen molar-refractivity contribution in [3.8, 4) is 0 Å². The van der Waals surface area contributed by atoms with Gasteiger partial charge in [0.25, 0.3) is 0 Å². The van der Waals surface area contributed by atoms with Crippen molar-refractivity contribution >= 4 is 0 Å². The number of allylic oxidation sites excluding steroid dienone is 1. The van der Waals surface area contributed by atoms with Gasteiger partial charge in [0.05, 0.1) is 0 Å². The fourth-order valence-corrected chi connectivity index (χ4v) is 4.09. The maximum atomic E-state index is 5.89. The standard InChI is InChI=1S/C17H32N2/c1-2-7-14-10-12-16(13-11-14)17(19-18)15-8-5-3-4-6-9-15/h8,14,16-17,19H,2-7,9-13,18H2,1H3. The molecule has 2 rings (SSSR count). The fourth-order valence-electron chi connectivity index (χ4n) is 4.09. The monoisotopic (exact) mass is 264 g/mol. The minimum absolute atomic E-state index is 0.459. The van der Waals surface area contributed by atoms with Crippen LogP contribution in [0.1, 0.15) is 77.6 Å². The Bertz CT molecular complexity index is 277. The van der Waals surface area contributed by atoms with Gasteiger partial charge in [0.1, 0.15) is 0 Å². The van der Waals surface area contributed by atoms with Gasteiger partial charge in [-0.1, -0.05) is 50.7 Å². The number of hydrazine groups is 1. The van der Waals surface area contributed by atoms with E-state index in [9.17, 15) is 0 Å². The van der Waals surface area contributed by atoms with Crippen molar-refractivity contribution < 1.29 is 0 Å². The van der Waals surface area contributed by atoms with Crippen LogP contribution in [0.25, 0.3) is 0 Å². The Morgan fingerprint density at radius 3 is 2.68 bits per heavy atom. The van der Waals surface area contributed by atoms with Gasteiger partial charge in [-0.3, -0.25) is 11.3 Å². The van der Waals surface area contributed by atoms with Gasteiger partial charge in [-0.2, -0.15) is 0 Å². The Kier molecular flexibility index (Phi) is 6.39. The molecule has 0 bridgehead atoms. The second-order valence-electron chi connectivity index (χ2n) is 6.59. The Balaban J connectivity index is 1.89. The van der Waals surface area contributed by atoms with Crippen LogP contribution < -0.4 is 11.3 Å². The van der Waals surface area contributed by atoms with Crippen LogP contribution in [0.3, 0.4) is 0 Å². The zero-order valence-electron chi connectivity index (χ0n) is 12.7. The van der Waals surface area contributed by atoms with Crippen LogP contribution >= 0.6 is 0 Å². The minimum Gasteiger partial charge on any atom is -0.271 e. The molecule has 0 aromatic carbocycles. The Labute approximate surface area is 119 Å². The first-order valence-electron chi connectivity index (χ1n) is 8.50. The Morgan fingerprint density at radius 2 is 2.00 bits per heavy atom. The third-order valence-corrected chi connectivity index (χ3v) is 5.21. The van der Waals surface area contributed by atoms with Crippen LogP contribution in [-0.2, 0) is 0 Å². The van der Waals surface area contributed by atoms with Crippen LogP contribution in [-0.4, -0.2) is 6.04 Å². The van der Waals surface area contributed by atoms with Crippen molar-refractivity contribution in [2.75, 3.05) is 0 Å². The summed E-state index contributed by atoms with van der Waals surface area (Å²) in [7, 11) is 0. The quantitative estimate of drug-likeness (QED) is 0.441. The molecule has 1 saturated carbocycles. The molecule has 1 unspecified atom stereocenters. The average molecular weight is 264 g/mol. The maximum absolute atomic E-state index is 5.89. The van der Waals surface area contributed by atoms with E-state index in [0.717, 1.165) is 11.8 Å². The highest BCUT2D eigenvalue weighted by Crippen LogP contribution is 2.36. The normalized spacial score (nSPS) is 30.5. The van der Waals surface area contributed by atoms with E-state index in [1.54, 1.807) is 5.57 Å². The lowest BCUT2D eigenvalue weighted by molar-refractivity contribution is 0.226. The molecule has 1 atom stereocenters. The van der Waals surface area contributed by atoms with Gasteiger partial charge in [0.2, 0.25) is 0 Å². The van der Waals surface area contributed by atoms with Crippen molar-refractivity contribution in [1.82, 2.24) is 5.43 Å². The van der Waals surface area contributed by atoms with Gasteiger partial charge in [-0.25, -0.2) is 0 Å². The zero-order valence-corrected chi connectivity index (χ0v) is 12.7. The molecule has 1 fully saturated rings. The second kappa shape index (κ2) is 8.06. The summed E-state index contributed by atoms with van der Waals surface area (Å²) >= 11 is 0. The van der Waals surface area contributed by atoms with E-state index in [0.29, 0.717) is 6.04 Å². The molecule has 0 amide bonds. The molecule has 0 aromatic heterocycles. The van der Waals surface area contributed by atoms with Gasteiger partial charge in [0, 0.05) is 6.04 Å². The summed E-state index contributed by atoms with van der Waals surface area (Å²) in [6.45, 7) is 2.31. The number of hydrogen-bond donors (Lipinski definition) is 2. The van der Waals surface area contributed by atoms with E-state index in [4.69, 9.17) is 5.84 Å². The third kappa shape index (κ3) is 4.32. The zero-order chi connectivity index (χ0) is 13.5. The molecule has 0 aliphatic heterocycles. The smallest absolute Gasteiger partial charge is 0.0447 e. The van der Waals surface area contributed by atoms with Crippen LogP contribution in [0.5, 0.6) is 0 Å². The summed E-state index contributed by atoms with van der Waals surface area (Å²) < 4.78 is 0. The first-order valence-corrected chi connectivity index (χ1v) is 8.50. The van der Waals surface area contributed by atoms with E-state index in [2.05, 4.69) is 18.4 Å². The maximum Gasteiger partial charge on any atom is 0.0447 e. The lowest BCUT2D eigenvalue weighted by Crippen LogP contribution is -2.43. The lowest BCUT2D eigenvalue weighted by Gasteiger charge is -2.35. The predicted octanol–water partition coefficient (Wildman–Crippen LogP) is 4.32. The van der Waals surface area contributed by atoms with E-state index in [1.807, 2.05) is 0 Å². The second-order valence-corrected chi connectivity index (χ2v) is 6.59. The summed E-state index contributed by atoms with van der Waals surface area (Å²) in [4.78, 5) is 0. The molecule has 0 radical (unpaired) electrons. The van der Waals surface area contributed by atoms with E-state index in [-0.39, 0.29) is 0 Å². The lowest BCUT2D eigenvalue weighted by atomic mass is 9.75. The molecule has 0 aromatic rings.